The SMILES string of the molecule is COc1ccc(CNC(=O)NCCc2cn3ccccc3n2)cn1. The maximum atomic E-state index is 11.8. The van der Waals surface area contributed by atoms with Gasteiger partial charge < -0.3 is 19.8 Å². The number of nitrogens with one attached hydrogen (secondary N) is 2. The van der Waals surface area contributed by atoms with Crippen molar-refractivity contribution < 1.29 is 9.53 Å². The van der Waals surface area contributed by atoms with Crippen LogP contribution in [0.3, 0.4) is 0 Å². The lowest BCUT2D eigenvalue weighted by molar-refractivity contribution is 0.240. The fraction of sp³-hybridized carbons (Fsp3) is 0.235. The van der Waals surface area contributed by atoms with Crippen molar-refractivity contribution >= 4 is 11.7 Å². The fourth-order valence-electron chi connectivity index (χ4n) is 2.29. The molecule has 0 atom stereocenters. The molecule has 3 aromatic rings. The number of hydrogen-bond donors (Lipinski definition) is 2. The highest BCUT2D eigenvalue weighted by atomic mass is 16.5. The van der Waals surface area contributed by atoms with Gasteiger partial charge in [-0.2, -0.15) is 0 Å². The Kier molecular flexibility index (Phi) is 4.90. The summed E-state index contributed by atoms with van der Waals surface area (Å²) >= 11 is 0. The third kappa shape index (κ3) is 4.01. The molecule has 2 amide bonds. The average Bonchev–Trinajstić information content (AvgIpc) is 3.03. The van der Waals surface area contributed by atoms with Crippen LogP contribution in [0.25, 0.3) is 5.65 Å². The number of ether oxygens (including phenoxy) is 1. The van der Waals surface area contributed by atoms with E-state index in [1.54, 1.807) is 19.4 Å². The second kappa shape index (κ2) is 7.45. The van der Waals surface area contributed by atoms with Crippen LogP contribution >= 0.6 is 0 Å². The van der Waals surface area contributed by atoms with Crippen molar-refractivity contribution in [1.82, 2.24) is 25.0 Å². The van der Waals surface area contributed by atoms with E-state index in [1.165, 1.54) is 0 Å². The van der Waals surface area contributed by atoms with Crippen molar-refractivity contribution in [2.75, 3.05) is 13.7 Å². The van der Waals surface area contributed by atoms with Gasteiger partial charge in [0.15, 0.2) is 0 Å². The molecule has 0 saturated heterocycles. The molecule has 0 aromatic carbocycles. The van der Waals surface area contributed by atoms with Crippen molar-refractivity contribution in [2.24, 2.45) is 0 Å². The van der Waals surface area contributed by atoms with Gasteiger partial charge in [-0.25, -0.2) is 14.8 Å². The van der Waals surface area contributed by atoms with E-state index < -0.39 is 0 Å². The normalized spacial score (nSPS) is 10.5. The van der Waals surface area contributed by atoms with Crippen molar-refractivity contribution in [2.45, 2.75) is 13.0 Å². The number of fused-ring (bicyclic) bond motifs is 1. The van der Waals surface area contributed by atoms with E-state index in [4.69, 9.17) is 4.74 Å². The second-order valence-electron chi connectivity index (χ2n) is 5.27. The minimum Gasteiger partial charge on any atom is -0.481 e. The first-order valence-electron chi connectivity index (χ1n) is 7.68. The standard InChI is InChI=1S/C17H19N5O2/c1-24-16-6-5-13(10-19-16)11-20-17(23)18-8-7-14-12-22-9-3-2-4-15(22)21-14/h2-6,9-10,12H,7-8,11H2,1H3,(H2,18,20,23). The summed E-state index contributed by atoms with van der Waals surface area (Å²) in [5.74, 6) is 0.552. The number of pyridine rings is 2. The molecule has 3 aromatic heterocycles. The smallest absolute Gasteiger partial charge is 0.315 e. The number of carbonyl (C=O) groups excluding carboxylic acids is 1. The Morgan fingerprint density at radius 1 is 1.25 bits per heavy atom. The van der Waals surface area contributed by atoms with Crippen LogP contribution in [0.1, 0.15) is 11.3 Å². The molecule has 124 valence electrons. The molecule has 0 unspecified atom stereocenters. The van der Waals surface area contributed by atoms with E-state index in [1.807, 2.05) is 41.1 Å². The Morgan fingerprint density at radius 2 is 2.17 bits per heavy atom. The summed E-state index contributed by atoms with van der Waals surface area (Å²) in [4.78, 5) is 20.4. The topological polar surface area (TPSA) is 80.5 Å². The number of rotatable bonds is 6. The largest absolute Gasteiger partial charge is 0.481 e. The minimum absolute atomic E-state index is 0.213. The third-order valence-electron chi connectivity index (χ3n) is 3.54. The number of carbonyl (C=O) groups is 1. The second-order valence-corrected chi connectivity index (χ2v) is 5.27. The molecule has 0 spiro atoms. The van der Waals surface area contributed by atoms with Crippen molar-refractivity contribution in [3.05, 3.63) is 60.2 Å². The van der Waals surface area contributed by atoms with Crippen LogP contribution < -0.4 is 15.4 Å². The molecule has 0 aliphatic rings. The first-order valence-corrected chi connectivity index (χ1v) is 7.68. The fourth-order valence-corrected chi connectivity index (χ4v) is 2.29. The summed E-state index contributed by atoms with van der Waals surface area (Å²) in [6.07, 6.45) is 6.28. The zero-order chi connectivity index (χ0) is 16.8. The predicted molar refractivity (Wildman–Crippen MR) is 89.9 cm³/mol. The first kappa shape index (κ1) is 15.8. The first-order chi connectivity index (χ1) is 11.7. The van der Waals surface area contributed by atoms with Crippen LogP contribution in [-0.2, 0) is 13.0 Å². The highest BCUT2D eigenvalue weighted by molar-refractivity contribution is 5.73. The van der Waals surface area contributed by atoms with E-state index in [0.29, 0.717) is 25.4 Å². The summed E-state index contributed by atoms with van der Waals surface area (Å²) in [6, 6.07) is 9.27. The summed E-state index contributed by atoms with van der Waals surface area (Å²) in [6.45, 7) is 0.938. The average molecular weight is 325 g/mol. The van der Waals surface area contributed by atoms with E-state index in [9.17, 15) is 4.79 Å². The number of methoxy groups -OCH3 is 1. The maximum Gasteiger partial charge on any atom is 0.315 e. The Labute approximate surface area is 139 Å². The summed E-state index contributed by atoms with van der Waals surface area (Å²) < 4.78 is 6.96. The Bertz CT molecular complexity index is 780. The molecular formula is C17H19N5O2. The lowest BCUT2D eigenvalue weighted by Gasteiger charge is -2.07. The Balaban J connectivity index is 1.41. The zero-order valence-electron chi connectivity index (χ0n) is 13.4. The van der Waals surface area contributed by atoms with Gasteiger partial charge in [0.1, 0.15) is 5.65 Å². The van der Waals surface area contributed by atoms with Gasteiger partial charge in [0.25, 0.3) is 0 Å². The maximum absolute atomic E-state index is 11.8. The van der Waals surface area contributed by atoms with Crippen molar-refractivity contribution in [3.8, 4) is 5.88 Å². The summed E-state index contributed by atoms with van der Waals surface area (Å²) in [5, 5.41) is 5.62. The van der Waals surface area contributed by atoms with Crippen LogP contribution in [0.2, 0.25) is 0 Å². The van der Waals surface area contributed by atoms with E-state index in [0.717, 1.165) is 16.9 Å². The van der Waals surface area contributed by atoms with Crippen molar-refractivity contribution in [1.29, 1.82) is 0 Å². The number of amides is 2. The summed E-state index contributed by atoms with van der Waals surface area (Å²) in [7, 11) is 1.57. The molecule has 24 heavy (non-hydrogen) atoms. The quantitative estimate of drug-likeness (QED) is 0.724. The Hall–Kier alpha value is -3.09. The predicted octanol–water partition coefficient (Wildman–Crippen LogP) is 1.78. The molecule has 0 fully saturated rings. The highest BCUT2D eigenvalue weighted by Crippen LogP contribution is 2.06. The highest BCUT2D eigenvalue weighted by Gasteiger charge is 2.04. The molecule has 3 heterocycles. The lowest BCUT2D eigenvalue weighted by atomic mass is 10.3. The molecule has 7 nitrogen and oxygen atoms in total. The van der Waals surface area contributed by atoms with Gasteiger partial charge in [-0.1, -0.05) is 12.1 Å². The van der Waals surface area contributed by atoms with Gasteiger partial charge in [0.2, 0.25) is 5.88 Å². The molecule has 0 radical (unpaired) electrons. The van der Waals surface area contributed by atoms with Crippen molar-refractivity contribution in [3.63, 3.8) is 0 Å². The number of aromatic nitrogens is 3. The van der Waals surface area contributed by atoms with Gasteiger partial charge in [-0.15, -0.1) is 0 Å². The number of imidazole rings is 1. The Morgan fingerprint density at radius 3 is 2.92 bits per heavy atom. The van der Waals surface area contributed by atoms with Gasteiger partial charge in [-0.3, -0.25) is 0 Å². The minimum atomic E-state index is -0.213. The third-order valence-corrected chi connectivity index (χ3v) is 3.54. The lowest BCUT2D eigenvalue weighted by Crippen LogP contribution is -2.36. The molecule has 0 bridgehead atoms. The number of nitrogens with zero attached hydrogens (tertiary/aromatic N) is 3. The molecule has 3 rings (SSSR count). The van der Waals surface area contributed by atoms with Gasteiger partial charge in [0.05, 0.1) is 12.8 Å². The van der Waals surface area contributed by atoms with Gasteiger partial charge in [0, 0.05) is 44.2 Å². The molecule has 7 heteroatoms. The zero-order valence-corrected chi connectivity index (χ0v) is 13.4. The molecule has 0 aliphatic heterocycles. The van der Waals surface area contributed by atoms with E-state index >= 15 is 0 Å². The number of urea groups is 1. The molecule has 2 N–H and O–H groups in total. The summed E-state index contributed by atoms with van der Waals surface area (Å²) in [5.41, 5.74) is 2.76. The van der Waals surface area contributed by atoms with Gasteiger partial charge >= 0.3 is 6.03 Å². The van der Waals surface area contributed by atoms with Crippen LogP contribution in [0, 0.1) is 0 Å². The van der Waals surface area contributed by atoms with E-state index in [2.05, 4.69) is 20.6 Å². The van der Waals surface area contributed by atoms with Crippen LogP contribution in [0.15, 0.2) is 48.9 Å². The van der Waals surface area contributed by atoms with E-state index in [-0.39, 0.29) is 6.03 Å². The number of hydrogen-bond acceptors (Lipinski definition) is 4. The molecular weight excluding hydrogens is 306 g/mol. The molecule has 0 aliphatic carbocycles. The van der Waals surface area contributed by atoms with Crippen LogP contribution in [-0.4, -0.2) is 34.1 Å². The van der Waals surface area contributed by atoms with Crippen LogP contribution in [0.5, 0.6) is 5.88 Å². The van der Waals surface area contributed by atoms with Crippen LogP contribution in [0.4, 0.5) is 4.79 Å². The monoisotopic (exact) mass is 325 g/mol. The van der Waals surface area contributed by atoms with Gasteiger partial charge in [-0.05, 0) is 17.7 Å². The molecule has 0 saturated carbocycles.